The highest BCUT2D eigenvalue weighted by atomic mass is 79.9. The quantitative estimate of drug-likeness (QED) is 0.795. The number of aliphatic hydroxyl groups excluding tert-OH is 1. The van der Waals surface area contributed by atoms with Gasteiger partial charge in [0.05, 0.1) is 10.6 Å². The molecule has 1 rings (SSSR count). The van der Waals surface area contributed by atoms with Gasteiger partial charge in [-0.25, -0.2) is 0 Å². The summed E-state index contributed by atoms with van der Waals surface area (Å²) in [5, 5.41) is 19.7. The van der Waals surface area contributed by atoms with Gasteiger partial charge < -0.3 is 15.9 Å². The normalized spacial score (nSPS) is 12.9. The molecule has 0 amide bonds. The van der Waals surface area contributed by atoms with Gasteiger partial charge in [-0.1, -0.05) is 11.6 Å². The highest BCUT2D eigenvalue weighted by Crippen LogP contribution is 2.35. The summed E-state index contributed by atoms with van der Waals surface area (Å²) < 4.78 is 0.469. The standard InChI is InChI=1S/C9H11BrClNO2/c10-7-4-5(11)3-6(9(7)14)8(13)1-2-12/h3-4,8,13-14H,1-2,12H2/t8-/m1/s1. The number of rotatable bonds is 3. The van der Waals surface area contributed by atoms with E-state index in [-0.39, 0.29) is 5.75 Å². The zero-order valence-electron chi connectivity index (χ0n) is 7.37. The lowest BCUT2D eigenvalue weighted by molar-refractivity contribution is 0.166. The highest BCUT2D eigenvalue weighted by Gasteiger charge is 2.14. The van der Waals surface area contributed by atoms with Crippen LogP contribution in [-0.4, -0.2) is 16.8 Å². The molecule has 1 aromatic carbocycles. The lowest BCUT2D eigenvalue weighted by atomic mass is 10.1. The third-order valence-electron chi connectivity index (χ3n) is 1.86. The molecule has 0 bridgehead atoms. The van der Waals surface area contributed by atoms with Crippen LogP contribution in [0.2, 0.25) is 5.02 Å². The molecule has 1 atom stereocenters. The molecule has 4 N–H and O–H groups in total. The fraction of sp³-hybridized carbons (Fsp3) is 0.333. The van der Waals surface area contributed by atoms with E-state index in [1.165, 1.54) is 6.07 Å². The molecular formula is C9H11BrClNO2. The number of benzene rings is 1. The van der Waals surface area contributed by atoms with Gasteiger partial charge in [0.15, 0.2) is 0 Å². The summed E-state index contributed by atoms with van der Waals surface area (Å²) >= 11 is 8.92. The van der Waals surface area contributed by atoms with E-state index >= 15 is 0 Å². The summed E-state index contributed by atoms with van der Waals surface area (Å²) in [6.07, 6.45) is -0.393. The molecule has 0 aliphatic carbocycles. The van der Waals surface area contributed by atoms with Crippen molar-refractivity contribution >= 4 is 27.5 Å². The van der Waals surface area contributed by atoms with Gasteiger partial charge in [0, 0.05) is 10.6 Å². The van der Waals surface area contributed by atoms with Crippen LogP contribution in [0.15, 0.2) is 16.6 Å². The maximum atomic E-state index is 9.63. The number of hydrogen-bond donors (Lipinski definition) is 3. The molecule has 0 aliphatic heterocycles. The summed E-state index contributed by atoms with van der Waals surface area (Å²) in [5.41, 5.74) is 5.70. The molecule has 78 valence electrons. The van der Waals surface area contributed by atoms with Crippen molar-refractivity contribution in [2.45, 2.75) is 12.5 Å². The van der Waals surface area contributed by atoms with Crippen molar-refractivity contribution in [2.75, 3.05) is 6.54 Å². The van der Waals surface area contributed by atoms with Gasteiger partial charge in [-0.05, 0) is 41.0 Å². The van der Waals surface area contributed by atoms with Crippen molar-refractivity contribution in [2.24, 2.45) is 5.73 Å². The Labute approximate surface area is 95.6 Å². The Morgan fingerprint density at radius 2 is 2.14 bits per heavy atom. The molecule has 3 nitrogen and oxygen atoms in total. The number of phenolic OH excluding ortho intramolecular Hbond substituents is 1. The fourth-order valence-electron chi connectivity index (χ4n) is 1.15. The van der Waals surface area contributed by atoms with E-state index < -0.39 is 6.10 Å². The fourth-order valence-corrected chi connectivity index (χ4v) is 1.99. The van der Waals surface area contributed by atoms with Crippen molar-refractivity contribution in [3.63, 3.8) is 0 Å². The van der Waals surface area contributed by atoms with Crippen molar-refractivity contribution in [3.05, 3.63) is 27.2 Å². The number of aliphatic hydroxyl groups is 1. The van der Waals surface area contributed by atoms with Crippen LogP contribution in [0.25, 0.3) is 0 Å². The molecule has 0 fully saturated rings. The molecule has 0 heterocycles. The molecule has 0 unspecified atom stereocenters. The van der Waals surface area contributed by atoms with E-state index in [4.69, 9.17) is 17.3 Å². The molecule has 1 aromatic rings. The van der Waals surface area contributed by atoms with Gasteiger partial charge >= 0.3 is 0 Å². The van der Waals surface area contributed by atoms with Crippen molar-refractivity contribution < 1.29 is 10.2 Å². The van der Waals surface area contributed by atoms with E-state index in [2.05, 4.69) is 15.9 Å². The first-order valence-electron chi connectivity index (χ1n) is 4.12. The molecule has 0 spiro atoms. The summed E-state index contributed by atoms with van der Waals surface area (Å²) in [6, 6.07) is 3.09. The summed E-state index contributed by atoms with van der Waals surface area (Å²) in [5.74, 6) is 0.00958. The number of phenols is 1. The number of nitrogens with two attached hydrogens (primary N) is 1. The van der Waals surface area contributed by atoms with Gasteiger partial charge in [-0.15, -0.1) is 0 Å². The molecule has 14 heavy (non-hydrogen) atoms. The van der Waals surface area contributed by atoms with Crippen LogP contribution >= 0.6 is 27.5 Å². The van der Waals surface area contributed by atoms with Gasteiger partial charge in [0.2, 0.25) is 0 Å². The summed E-state index contributed by atoms with van der Waals surface area (Å²) in [7, 11) is 0. The summed E-state index contributed by atoms with van der Waals surface area (Å²) in [4.78, 5) is 0. The van der Waals surface area contributed by atoms with Crippen LogP contribution in [0.1, 0.15) is 18.1 Å². The predicted octanol–water partition coefficient (Wildman–Crippen LogP) is 2.19. The Balaban J connectivity index is 3.07. The monoisotopic (exact) mass is 279 g/mol. The predicted molar refractivity (Wildman–Crippen MR) is 59.4 cm³/mol. The minimum absolute atomic E-state index is 0.00958. The van der Waals surface area contributed by atoms with Crippen molar-refractivity contribution in [3.8, 4) is 5.75 Å². The number of aromatic hydroxyl groups is 1. The minimum Gasteiger partial charge on any atom is -0.506 e. The van der Waals surface area contributed by atoms with Crippen LogP contribution in [0, 0.1) is 0 Å². The van der Waals surface area contributed by atoms with Gasteiger partial charge in [0.25, 0.3) is 0 Å². The zero-order valence-corrected chi connectivity index (χ0v) is 9.72. The topological polar surface area (TPSA) is 66.5 Å². The smallest absolute Gasteiger partial charge is 0.135 e. The Hall–Kier alpha value is -0.290. The number of hydrogen-bond acceptors (Lipinski definition) is 3. The van der Waals surface area contributed by atoms with E-state index in [1.807, 2.05) is 0 Å². The maximum Gasteiger partial charge on any atom is 0.135 e. The van der Waals surface area contributed by atoms with Crippen LogP contribution in [0.3, 0.4) is 0 Å². The molecule has 5 heteroatoms. The second-order valence-corrected chi connectivity index (χ2v) is 4.21. The first kappa shape index (κ1) is 11.8. The van der Waals surface area contributed by atoms with E-state index in [0.29, 0.717) is 28.0 Å². The third kappa shape index (κ3) is 2.60. The van der Waals surface area contributed by atoms with Crippen molar-refractivity contribution in [1.82, 2.24) is 0 Å². The van der Waals surface area contributed by atoms with E-state index in [1.54, 1.807) is 6.07 Å². The Morgan fingerprint density at radius 1 is 1.50 bits per heavy atom. The van der Waals surface area contributed by atoms with Gasteiger partial charge in [0.1, 0.15) is 5.75 Å². The van der Waals surface area contributed by atoms with Gasteiger partial charge in [-0.3, -0.25) is 0 Å². The van der Waals surface area contributed by atoms with Crippen LogP contribution in [0.5, 0.6) is 5.75 Å². The SMILES string of the molecule is NCC[C@@H](O)c1cc(Cl)cc(Br)c1O. The Kier molecular flexibility index (Phi) is 4.19. The van der Waals surface area contributed by atoms with E-state index in [0.717, 1.165) is 0 Å². The van der Waals surface area contributed by atoms with Crippen LogP contribution in [0.4, 0.5) is 0 Å². The third-order valence-corrected chi connectivity index (χ3v) is 2.68. The maximum absolute atomic E-state index is 9.63. The molecule has 0 saturated heterocycles. The first-order chi connectivity index (χ1) is 6.56. The Morgan fingerprint density at radius 3 is 2.71 bits per heavy atom. The molecule has 0 aromatic heterocycles. The van der Waals surface area contributed by atoms with Crippen LogP contribution in [-0.2, 0) is 0 Å². The average Bonchev–Trinajstić information content (AvgIpc) is 2.11. The lowest BCUT2D eigenvalue weighted by Gasteiger charge is -2.12. The molecule has 0 radical (unpaired) electrons. The van der Waals surface area contributed by atoms with Crippen LogP contribution < -0.4 is 5.73 Å². The molecule has 0 saturated carbocycles. The van der Waals surface area contributed by atoms with E-state index in [9.17, 15) is 10.2 Å². The first-order valence-corrected chi connectivity index (χ1v) is 5.29. The lowest BCUT2D eigenvalue weighted by Crippen LogP contribution is -2.07. The second-order valence-electron chi connectivity index (χ2n) is 2.92. The molecular weight excluding hydrogens is 269 g/mol. The van der Waals surface area contributed by atoms with Crippen molar-refractivity contribution in [1.29, 1.82) is 0 Å². The average molecular weight is 281 g/mol. The largest absolute Gasteiger partial charge is 0.506 e. The van der Waals surface area contributed by atoms with Gasteiger partial charge in [-0.2, -0.15) is 0 Å². The zero-order chi connectivity index (χ0) is 10.7. The number of halogens is 2. The Bertz CT molecular complexity index is 333. The highest BCUT2D eigenvalue weighted by molar-refractivity contribution is 9.10. The minimum atomic E-state index is -0.782. The summed E-state index contributed by atoms with van der Waals surface area (Å²) in [6.45, 7) is 0.352. The molecule has 0 aliphatic rings. The second kappa shape index (κ2) is 4.98.